The molecule has 0 amide bonds. The van der Waals surface area contributed by atoms with E-state index in [0.717, 1.165) is 16.5 Å². The number of hydrogen-bond donors (Lipinski definition) is 1. The van der Waals surface area contributed by atoms with E-state index in [1.54, 1.807) is 18.3 Å². The van der Waals surface area contributed by atoms with Gasteiger partial charge in [0.25, 0.3) is 0 Å². The molecule has 152 valence electrons. The van der Waals surface area contributed by atoms with Crippen LogP contribution in [0.15, 0.2) is 88.5 Å². The third-order valence-electron chi connectivity index (χ3n) is 4.49. The summed E-state index contributed by atoms with van der Waals surface area (Å²) >= 11 is 0. The summed E-state index contributed by atoms with van der Waals surface area (Å²) in [7, 11) is -3.73. The Morgan fingerprint density at radius 3 is 2.57 bits per heavy atom. The lowest BCUT2D eigenvalue weighted by Gasteiger charge is -2.09. The molecule has 0 fully saturated rings. The van der Waals surface area contributed by atoms with E-state index in [1.165, 1.54) is 30.5 Å². The van der Waals surface area contributed by atoms with Crippen molar-refractivity contribution in [2.75, 3.05) is 0 Å². The number of para-hydroxylation sites is 1. The third-order valence-corrected chi connectivity index (χ3v) is 5.91. The number of ether oxygens (including phenoxy) is 1. The predicted octanol–water partition coefficient (Wildman–Crippen LogP) is 3.66. The first-order valence-corrected chi connectivity index (χ1v) is 10.6. The number of nitrogens with zero attached hydrogens (tertiary/aromatic N) is 1. The van der Waals surface area contributed by atoms with Crippen LogP contribution in [-0.4, -0.2) is 19.4 Å². The van der Waals surface area contributed by atoms with Crippen molar-refractivity contribution in [2.24, 2.45) is 0 Å². The molecule has 2 aromatic carbocycles. The lowest BCUT2D eigenvalue weighted by Crippen LogP contribution is -2.23. The molecule has 2 heterocycles. The Morgan fingerprint density at radius 1 is 1.00 bits per heavy atom. The normalized spacial score (nSPS) is 11.5. The molecule has 4 rings (SSSR count). The van der Waals surface area contributed by atoms with Crippen molar-refractivity contribution in [3.63, 3.8) is 0 Å². The van der Waals surface area contributed by atoms with Crippen LogP contribution in [0.1, 0.15) is 21.7 Å². The van der Waals surface area contributed by atoms with Crippen LogP contribution in [0, 0.1) is 0 Å². The molecule has 0 bridgehead atoms. The fourth-order valence-electron chi connectivity index (χ4n) is 2.94. The van der Waals surface area contributed by atoms with E-state index in [-0.39, 0.29) is 23.6 Å². The van der Waals surface area contributed by atoms with E-state index in [1.807, 2.05) is 30.3 Å². The van der Waals surface area contributed by atoms with Crippen LogP contribution >= 0.6 is 0 Å². The highest BCUT2D eigenvalue weighted by atomic mass is 32.2. The zero-order chi connectivity index (χ0) is 21.0. The molecular weight excluding hydrogens is 404 g/mol. The van der Waals surface area contributed by atoms with Gasteiger partial charge in [0, 0.05) is 17.1 Å². The fraction of sp³-hybridized carbons (Fsp3) is 0.0909. The quantitative estimate of drug-likeness (QED) is 0.457. The summed E-state index contributed by atoms with van der Waals surface area (Å²) in [5.41, 5.74) is 1.83. The molecule has 0 saturated heterocycles. The lowest BCUT2D eigenvalue weighted by atomic mass is 10.1. The Labute approximate surface area is 173 Å². The molecule has 7 nitrogen and oxygen atoms in total. The van der Waals surface area contributed by atoms with Crippen LogP contribution < -0.4 is 4.72 Å². The van der Waals surface area contributed by atoms with Gasteiger partial charge in [0.05, 0.1) is 28.8 Å². The average molecular weight is 422 g/mol. The molecule has 0 radical (unpaired) electrons. The minimum absolute atomic E-state index is 0.0399. The molecule has 0 aliphatic carbocycles. The first-order valence-electron chi connectivity index (χ1n) is 9.15. The first-order chi connectivity index (χ1) is 14.5. The highest BCUT2D eigenvalue weighted by Crippen LogP contribution is 2.18. The van der Waals surface area contributed by atoms with Crippen molar-refractivity contribution in [1.29, 1.82) is 0 Å². The zero-order valence-electron chi connectivity index (χ0n) is 15.8. The van der Waals surface area contributed by atoms with Crippen LogP contribution in [0.4, 0.5) is 0 Å². The van der Waals surface area contributed by atoms with Crippen molar-refractivity contribution in [3.8, 4) is 0 Å². The van der Waals surface area contributed by atoms with E-state index in [9.17, 15) is 13.2 Å². The molecule has 0 atom stereocenters. The maximum atomic E-state index is 12.4. The smallest absolute Gasteiger partial charge is 0.338 e. The van der Waals surface area contributed by atoms with Gasteiger partial charge in [-0.05, 0) is 42.5 Å². The van der Waals surface area contributed by atoms with Gasteiger partial charge in [0.2, 0.25) is 10.0 Å². The van der Waals surface area contributed by atoms with E-state index in [4.69, 9.17) is 9.15 Å². The number of pyridine rings is 1. The van der Waals surface area contributed by atoms with Crippen LogP contribution in [-0.2, 0) is 27.9 Å². The SMILES string of the molecule is O=C(OCc1cccc2cccnc12)c1ccc(S(=O)(=O)NCc2ccco2)cc1. The number of carbonyl (C=O) groups is 1. The highest BCUT2D eigenvalue weighted by Gasteiger charge is 2.16. The van der Waals surface area contributed by atoms with Crippen molar-refractivity contribution in [1.82, 2.24) is 9.71 Å². The lowest BCUT2D eigenvalue weighted by molar-refractivity contribution is 0.0474. The van der Waals surface area contributed by atoms with E-state index < -0.39 is 16.0 Å². The second-order valence-electron chi connectivity index (χ2n) is 6.50. The van der Waals surface area contributed by atoms with Gasteiger partial charge in [-0.1, -0.05) is 24.3 Å². The van der Waals surface area contributed by atoms with Crippen LogP contribution in [0.25, 0.3) is 10.9 Å². The Hall–Kier alpha value is -3.49. The molecule has 0 aliphatic rings. The van der Waals surface area contributed by atoms with Gasteiger partial charge >= 0.3 is 5.97 Å². The number of furan rings is 1. The van der Waals surface area contributed by atoms with Gasteiger partial charge in [-0.2, -0.15) is 0 Å². The number of rotatable bonds is 7. The number of carbonyl (C=O) groups excluding carboxylic acids is 1. The number of nitrogens with one attached hydrogen (secondary N) is 1. The average Bonchev–Trinajstić information content (AvgIpc) is 3.30. The number of benzene rings is 2. The number of esters is 1. The predicted molar refractivity (Wildman–Crippen MR) is 110 cm³/mol. The standard InChI is InChI=1S/C22H18N2O5S/c25-22(29-15-18-5-1-4-16-6-2-12-23-21(16)18)17-8-10-20(11-9-17)30(26,27)24-14-19-7-3-13-28-19/h1-13,24H,14-15H2. The van der Waals surface area contributed by atoms with Crippen molar-refractivity contribution in [3.05, 3.63) is 96.1 Å². The maximum Gasteiger partial charge on any atom is 0.338 e. The largest absolute Gasteiger partial charge is 0.468 e. The molecule has 0 saturated carbocycles. The molecule has 0 spiro atoms. The molecule has 0 unspecified atom stereocenters. The second kappa shape index (κ2) is 8.48. The van der Waals surface area contributed by atoms with Crippen LogP contribution in [0.3, 0.4) is 0 Å². The van der Waals surface area contributed by atoms with Gasteiger partial charge in [-0.3, -0.25) is 4.98 Å². The molecule has 4 aromatic rings. The van der Waals surface area contributed by atoms with Gasteiger partial charge < -0.3 is 9.15 Å². The Kier molecular flexibility index (Phi) is 5.60. The molecule has 8 heteroatoms. The molecule has 0 aliphatic heterocycles. The van der Waals surface area contributed by atoms with Gasteiger partial charge in [-0.15, -0.1) is 0 Å². The monoisotopic (exact) mass is 422 g/mol. The topological polar surface area (TPSA) is 98.5 Å². The number of aromatic nitrogens is 1. The zero-order valence-corrected chi connectivity index (χ0v) is 16.6. The number of fused-ring (bicyclic) bond motifs is 1. The minimum Gasteiger partial charge on any atom is -0.468 e. The van der Waals surface area contributed by atoms with Crippen molar-refractivity contribution >= 4 is 26.9 Å². The summed E-state index contributed by atoms with van der Waals surface area (Å²) < 4.78 is 37.7. The van der Waals surface area contributed by atoms with Gasteiger partial charge in [-0.25, -0.2) is 17.9 Å². The van der Waals surface area contributed by atoms with Gasteiger partial charge in [0.15, 0.2) is 0 Å². The summed E-state index contributed by atoms with van der Waals surface area (Å²) in [6.07, 6.45) is 3.16. The molecule has 1 N–H and O–H groups in total. The Balaban J connectivity index is 1.41. The summed E-state index contributed by atoms with van der Waals surface area (Å²) in [6, 6.07) is 18.4. The number of hydrogen-bond acceptors (Lipinski definition) is 6. The second-order valence-corrected chi connectivity index (χ2v) is 8.26. The highest BCUT2D eigenvalue weighted by molar-refractivity contribution is 7.89. The van der Waals surface area contributed by atoms with Crippen molar-refractivity contribution < 1.29 is 22.4 Å². The fourth-order valence-corrected chi connectivity index (χ4v) is 3.94. The van der Waals surface area contributed by atoms with Gasteiger partial charge in [0.1, 0.15) is 12.4 Å². The van der Waals surface area contributed by atoms with Crippen LogP contribution in [0.5, 0.6) is 0 Å². The summed E-state index contributed by atoms with van der Waals surface area (Å²) in [5, 5.41) is 0.961. The first kappa shape index (κ1) is 19.8. The summed E-state index contributed by atoms with van der Waals surface area (Å²) in [6.45, 7) is 0.107. The number of sulfonamides is 1. The maximum absolute atomic E-state index is 12.4. The van der Waals surface area contributed by atoms with E-state index in [2.05, 4.69) is 9.71 Å². The minimum atomic E-state index is -3.73. The molecule has 30 heavy (non-hydrogen) atoms. The Bertz CT molecular complexity index is 1260. The summed E-state index contributed by atoms with van der Waals surface area (Å²) in [5.74, 6) is -0.0443. The summed E-state index contributed by atoms with van der Waals surface area (Å²) in [4.78, 5) is 16.8. The van der Waals surface area contributed by atoms with Crippen molar-refractivity contribution in [2.45, 2.75) is 18.0 Å². The third kappa shape index (κ3) is 4.40. The van der Waals surface area contributed by atoms with E-state index >= 15 is 0 Å². The van der Waals surface area contributed by atoms with Crippen LogP contribution in [0.2, 0.25) is 0 Å². The molecule has 2 aromatic heterocycles. The Morgan fingerprint density at radius 2 is 1.80 bits per heavy atom. The molecular formula is C22H18N2O5S. The van der Waals surface area contributed by atoms with E-state index in [0.29, 0.717) is 5.76 Å².